The van der Waals surface area contributed by atoms with Crippen LogP contribution in [0.15, 0.2) is 0 Å². The summed E-state index contributed by atoms with van der Waals surface area (Å²) in [4.78, 5) is 2.46. The topological polar surface area (TPSA) is 15.3 Å². The van der Waals surface area contributed by atoms with E-state index in [-0.39, 0.29) is 0 Å². The van der Waals surface area contributed by atoms with E-state index >= 15 is 0 Å². The Morgan fingerprint density at radius 2 is 1.64 bits per heavy atom. The molecule has 0 aliphatic carbocycles. The normalized spacial score (nSPS) is 13.9. The fraction of sp³-hybridized carbons (Fsp3) is 1.00. The second-order valence-electron chi connectivity index (χ2n) is 4.24. The van der Waals surface area contributed by atoms with Crippen molar-refractivity contribution in [3.8, 4) is 0 Å². The highest BCUT2D eigenvalue weighted by Gasteiger charge is 2.09. The van der Waals surface area contributed by atoms with Crippen molar-refractivity contribution >= 4 is 0 Å². The van der Waals surface area contributed by atoms with Crippen LogP contribution in [0, 0.1) is 5.92 Å². The van der Waals surface area contributed by atoms with Crippen LogP contribution in [0.4, 0.5) is 0 Å². The molecule has 0 bridgehead atoms. The molecule has 2 nitrogen and oxygen atoms in total. The third-order valence-electron chi connectivity index (χ3n) is 2.97. The van der Waals surface area contributed by atoms with Crippen LogP contribution < -0.4 is 5.32 Å². The molecule has 0 saturated heterocycles. The molecule has 0 heterocycles. The number of likely N-dealkylation sites (N-methyl/N-ethyl adjacent to an activating group) is 1. The zero-order valence-corrected chi connectivity index (χ0v) is 10.6. The Labute approximate surface area is 90.1 Å². The van der Waals surface area contributed by atoms with Crippen LogP contribution in [0.1, 0.15) is 41.0 Å². The predicted molar refractivity (Wildman–Crippen MR) is 64.7 cm³/mol. The summed E-state index contributed by atoms with van der Waals surface area (Å²) < 4.78 is 0. The summed E-state index contributed by atoms with van der Waals surface area (Å²) >= 11 is 0. The molecule has 0 amide bonds. The van der Waals surface area contributed by atoms with Gasteiger partial charge in [0.05, 0.1) is 0 Å². The maximum absolute atomic E-state index is 3.63. The van der Waals surface area contributed by atoms with E-state index in [2.05, 4.69) is 44.8 Å². The van der Waals surface area contributed by atoms with Gasteiger partial charge in [-0.25, -0.2) is 0 Å². The zero-order chi connectivity index (χ0) is 11.0. The van der Waals surface area contributed by atoms with E-state index in [4.69, 9.17) is 0 Å². The van der Waals surface area contributed by atoms with Gasteiger partial charge in [0.2, 0.25) is 0 Å². The minimum Gasteiger partial charge on any atom is -0.312 e. The number of nitrogens with zero attached hydrogens (tertiary/aromatic N) is 1. The monoisotopic (exact) mass is 200 g/mol. The fourth-order valence-corrected chi connectivity index (χ4v) is 1.80. The van der Waals surface area contributed by atoms with Crippen molar-refractivity contribution in [2.24, 2.45) is 5.92 Å². The van der Waals surface area contributed by atoms with Gasteiger partial charge in [-0.15, -0.1) is 0 Å². The molecule has 0 aliphatic heterocycles. The standard InChI is InChI=1S/C12H28N2/c1-6-12(11(4)5)13-9-10-14(7-2)8-3/h11-13H,6-10H2,1-5H3. The Morgan fingerprint density at radius 3 is 2.00 bits per heavy atom. The Hall–Kier alpha value is -0.0800. The lowest BCUT2D eigenvalue weighted by Gasteiger charge is -2.23. The first-order valence-corrected chi connectivity index (χ1v) is 6.11. The molecule has 0 aliphatic rings. The van der Waals surface area contributed by atoms with Crippen molar-refractivity contribution in [1.82, 2.24) is 10.2 Å². The van der Waals surface area contributed by atoms with Crippen LogP contribution in [0.3, 0.4) is 0 Å². The highest BCUT2D eigenvalue weighted by molar-refractivity contribution is 4.69. The molecule has 0 fully saturated rings. The van der Waals surface area contributed by atoms with Gasteiger partial charge in [-0.1, -0.05) is 34.6 Å². The summed E-state index contributed by atoms with van der Waals surface area (Å²) in [6.45, 7) is 15.9. The number of hydrogen-bond donors (Lipinski definition) is 1. The SMILES string of the molecule is CCC(NCCN(CC)CC)C(C)C. The molecule has 86 valence electrons. The largest absolute Gasteiger partial charge is 0.312 e. The fourth-order valence-electron chi connectivity index (χ4n) is 1.80. The van der Waals surface area contributed by atoms with Crippen molar-refractivity contribution in [3.63, 3.8) is 0 Å². The van der Waals surface area contributed by atoms with Gasteiger partial charge in [0.1, 0.15) is 0 Å². The van der Waals surface area contributed by atoms with E-state index in [1.165, 1.54) is 13.0 Å². The number of hydrogen-bond acceptors (Lipinski definition) is 2. The molecule has 0 radical (unpaired) electrons. The first kappa shape index (κ1) is 13.9. The first-order chi connectivity index (χ1) is 6.65. The number of nitrogens with one attached hydrogen (secondary N) is 1. The molecule has 14 heavy (non-hydrogen) atoms. The Morgan fingerprint density at radius 1 is 1.07 bits per heavy atom. The lowest BCUT2D eigenvalue weighted by atomic mass is 10.0. The van der Waals surface area contributed by atoms with Gasteiger partial charge in [-0.2, -0.15) is 0 Å². The average Bonchev–Trinajstić information content (AvgIpc) is 2.18. The molecule has 1 unspecified atom stereocenters. The van der Waals surface area contributed by atoms with Crippen LogP contribution in [0.5, 0.6) is 0 Å². The van der Waals surface area contributed by atoms with Crippen molar-refractivity contribution in [3.05, 3.63) is 0 Å². The number of rotatable bonds is 8. The van der Waals surface area contributed by atoms with Gasteiger partial charge in [0.25, 0.3) is 0 Å². The maximum atomic E-state index is 3.63. The van der Waals surface area contributed by atoms with E-state index < -0.39 is 0 Å². The molecule has 0 spiro atoms. The van der Waals surface area contributed by atoms with Gasteiger partial charge < -0.3 is 10.2 Å². The summed E-state index contributed by atoms with van der Waals surface area (Å²) in [5.74, 6) is 0.747. The van der Waals surface area contributed by atoms with E-state index in [9.17, 15) is 0 Å². The van der Waals surface area contributed by atoms with E-state index in [0.29, 0.717) is 6.04 Å². The highest BCUT2D eigenvalue weighted by atomic mass is 15.1. The molecule has 0 aromatic rings. The van der Waals surface area contributed by atoms with E-state index in [0.717, 1.165) is 25.6 Å². The van der Waals surface area contributed by atoms with Gasteiger partial charge >= 0.3 is 0 Å². The Balaban J connectivity index is 3.59. The predicted octanol–water partition coefficient (Wildman–Crippen LogP) is 2.35. The Bertz CT molecular complexity index is 119. The van der Waals surface area contributed by atoms with Gasteiger partial charge in [-0.05, 0) is 25.4 Å². The van der Waals surface area contributed by atoms with Crippen molar-refractivity contribution in [1.29, 1.82) is 0 Å². The quantitative estimate of drug-likeness (QED) is 0.647. The Kier molecular flexibility index (Phi) is 8.20. The van der Waals surface area contributed by atoms with Crippen LogP contribution in [0.2, 0.25) is 0 Å². The van der Waals surface area contributed by atoms with Crippen molar-refractivity contribution < 1.29 is 0 Å². The molecule has 1 atom stereocenters. The molecular weight excluding hydrogens is 172 g/mol. The molecule has 2 heteroatoms. The lowest BCUT2D eigenvalue weighted by molar-refractivity contribution is 0.285. The highest BCUT2D eigenvalue weighted by Crippen LogP contribution is 2.04. The van der Waals surface area contributed by atoms with Crippen LogP contribution >= 0.6 is 0 Å². The molecule has 1 N–H and O–H groups in total. The minimum absolute atomic E-state index is 0.686. The van der Waals surface area contributed by atoms with Gasteiger partial charge in [-0.3, -0.25) is 0 Å². The first-order valence-electron chi connectivity index (χ1n) is 6.11. The summed E-state index contributed by atoms with van der Waals surface area (Å²) in [6, 6.07) is 0.686. The lowest BCUT2D eigenvalue weighted by Crippen LogP contribution is -2.39. The van der Waals surface area contributed by atoms with Crippen molar-refractivity contribution in [2.45, 2.75) is 47.1 Å². The van der Waals surface area contributed by atoms with Crippen LogP contribution in [-0.4, -0.2) is 37.1 Å². The van der Waals surface area contributed by atoms with Gasteiger partial charge in [0, 0.05) is 19.1 Å². The summed E-state index contributed by atoms with van der Waals surface area (Å²) in [5, 5.41) is 3.63. The van der Waals surface area contributed by atoms with E-state index in [1.54, 1.807) is 0 Å². The third kappa shape index (κ3) is 5.61. The van der Waals surface area contributed by atoms with E-state index in [1.807, 2.05) is 0 Å². The second kappa shape index (κ2) is 8.25. The molecule has 0 aromatic heterocycles. The zero-order valence-electron chi connectivity index (χ0n) is 10.6. The average molecular weight is 200 g/mol. The second-order valence-corrected chi connectivity index (χ2v) is 4.24. The summed E-state index contributed by atoms with van der Waals surface area (Å²) in [5.41, 5.74) is 0. The van der Waals surface area contributed by atoms with Crippen molar-refractivity contribution in [2.75, 3.05) is 26.2 Å². The molecule has 0 aromatic carbocycles. The smallest absolute Gasteiger partial charge is 0.0107 e. The summed E-state index contributed by atoms with van der Waals surface area (Å²) in [6.07, 6.45) is 1.23. The summed E-state index contributed by atoms with van der Waals surface area (Å²) in [7, 11) is 0. The maximum Gasteiger partial charge on any atom is 0.0107 e. The van der Waals surface area contributed by atoms with Gasteiger partial charge in [0.15, 0.2) is 0 Å². The van der Waals surface area contributed by atoms with Crippen LogP contribution in [-0.2, 0) is 0 Å². The minimum atomic E-state index is 0.686. The van der Waals surface area contributed by atoms with Crippen LogP contribution in [0.25, 0.3) is 0 Å². The third-order valence-corrected chi connectivity index (χ3v) is 2.97. The molecule has 0 rings (SSSR count). The molecular formula is C12H28N2. The molecule has 0 saturated carbocycles.